The van der Waals surface area contributed by atoms with Crippen LogP contribution in [0.3, 0.4) is 0 Å². The monoisotopic (exact) mass is 208 g/mol. The molecule has 0 aliphatic heterocycles. The summed E-state index contributed by atoms with van der Waals surface area (Å²) in [5.74, 6) is -0.345. The van der Waals surface area contributed by atoms with Crippen molar-refractivity contribution in [3.8, 4) is 0 Å². The average Bonchev–Trinajstić information content (AvgIpc) is 2.23. The third-order valence-electron chi connectivity index (χ3n) is 2.31. The van der Waals surface area contributed by atoms with Crippen LogP contribution in [0.15, 0.2) is 30.9 Å². The number of nitrogen functional groups attached to an aromatic ring is 1. The molecule has 3 heteroatoms. The van der Waals surface area contributed by atoms with Crippen LogP contribution in [-0.2, 0) is 6.54 Å². The Labute approximate surface area is 90.2 Å². The summed E-state index contributed by atoms with van der Waals surface area (Å²) in [6.07, 6.45) is 1.84. The van der Waals surface area contributed by atoms with Crippen molar-refractivity contribution in [3.63, 3.8) is 0 Å². The molecule has 0 saturated heterocycles. The van der Waals surface area contributed by atoms with Gasteiger partial charge in [0.15, 0.2) is 0 Å². The summed E-state index contributed by atoms with van der Waals surface area (Å²) in [6, 6.07) is 4.94. The number of likely N-dealkylation sites (N-methyl/N-ethyl adjacent to an activating group) is 1. The molecule has 0 atom stereocenters. The molecule has 0 aromatic heterocycles. The summed E-state index contributed by atoms with van der Waals surface area (Å²) >= 11 is 0. The van der Waals surface area contributed by atoms with E-state index in [0.29, 0.717) is 0 Å². The van der Waals surface area contributed by atoms with Crippen LogP contribution < -0.4 is 5.73 Å². The average molecular weight is 208 g/mol. The third-order valence-corrected chi connectivity index (χ3v) is 2.31. The van der Waals surface area contributed by atoms with E-state index in [9.17, 15) is 4.39 Å². The largest absolute Gasteiger partial charge is 0.396 e. The highest BCUT2D eigenvalue weighted by Crippen LogP contribution is 2.13. The van der Waals surface area contributed by atoms with E-state index in [1.54, 1.807) is 6.07 Å². The van der Waals surface area contributed by atoms with E-state index < -0.39 is 0 Å². The predicted octanol–water partition coefficient (Wildman–Crippen LogP) is 2.42. The Morgan fingerprint density at radius 1 is 1.53 bits per heavy atom. The van der Waals surface area contributed by atoms with Crippen molar-refractivity contribution < 1.29 is 4.39 Å². The Kier molecular flexibility index (Phi) is 4.31. The maximum Gasteiger partial charge on any atom is 0.146 e. The van der Waals surface area contributed by atoms with Gasteiger partial charge in [-0.1, -0.05) is 19.1 Å². The van der Waals surface area contributed by atoms with Crippen LogP contribution >= 0.6 is 0 Å². The fraction of sp³-hybridized carbons (Fsp3) is 0.333. The molecule has 0 amide bonds. The molecular weight excluding hydrogens is 191 g/mol. The summed E-state index contributed by atoms with van der Waals surface area (Å²) in [6.45, 7) is 8.20. The molecule has 0 aliphatic carbocycles. The first-order valence-electron chi connectivity index (χ1n) is 5.04. The number of nitrogens with two attached hydrogens (primary N) is 1. The molecule has 15 heavy (non-hydrogen) atoms. The lowest BCUT2D eigenvalue weighted by Gasteiger charge is -2.18. The van der Waals surface area contributed by atoms with Gasteiger partial charge in [0, 0.05) is 13.1 Å². The second kappa shape index (κ2) is 5.51. The highest BCUT2D eigenvalue weighted by Gasteiger charge is 2.04. The summed E-state index contributed by atoms with van der Waals surface area (Å²) in [4.78, 5) is 2.16. The zero-order valence-corrected chi connectivity index (χ0v) is 9.04. The van der Waals surface area contributed by atoms with Gasteiger partial charge in [-0.25, -0.2) is 4.39 Å². The van der Waals surface area contributed by atoms with E-state index in [2.05, 4.69) is 18.4 Å². The highest BCUT2D eigenvalue weighted by atomic mass is 19.1. The minimum atomic E-state index is -0.345. The van der Waals surface area contributed by atoms with Crippen LogP contribution in [0.2, 0.25) is 0 Å². The molecule has 0 fully saturated rings. The van der Waals surface area contributed by atoms with Crippen molar-refractivity contribution in [3.05, 3.63) is 42.2 Å². The number of hydrogen-bond acceptors (Lipinski definition) is 2. The molecule has 82 valence electrons. The van der Waals surface area contributed by atoms with Crippen LogP contribution in [0.4, 0.5) is 10.1 Å². The zero-order valence-electron chi connectivity index (χ0n) is 9.04. The molecule has 0 bridgehead atoms. The van der Waals surface area contributed by atoms with E-state index in [0.717, 1.165) is 25.2 Å². The van der Waals surface area contributed by atoms with Gasteiger partial charge in [0.05, 0.1) is 5.69 Å². The van der Waals surface area contributed by atoms with Gasteiger partial charge in [-0.2, -0.15) is 0 Å². The van der Waals surface area contributed by atoms with Gasteiger partial charge in [-0.3, -0.25) is 4.90 Å². The van der Waals surface area contributed by atoms with Crippen molar-refractivity contribution in [1.29, 1.82) is 0 Å². The lowest BCUT2D eigenvalue weighted by atomic mass is 10.2. The molecule has 0 radical (unpaired) electrons. The second-order valence-electron chi connectivity index (χ2n) is 3.47. The van der Waals surface area contributed by atoms with E-state index in [4.69, 9.17) is 5.73 Å². The first kappa shape index (κ1) is 11.7. The summed E-state index contributed by atoms with van der Waals surface area (Å²) in [7, 11) is 0. The molecule has 0 unspecified atom stereocenters. The fourth-order valence-electron chi connectivity index (χ4n) is 1.42. The van der Waals surface area contributed by atoms with Crippen molar-refractivity contribution >= 4 is 5.69 Å². The van der Waals surface area contributed by atoms with Crippen molar-refractivity contribution in [2.45, 2.75) is 13.5 Å². The van der Waals surface area contributed by atoms with Crippen LogP contribution in [0, 0.1) is 5.82 Å². The first-order chi connectivity index (χ1) is 7.17. The van der Waals surface area contributed by atoms with Gasteiger partial charge in [-0.15, -0.1) is 6.58 Å². The maximum absolute atomic E-state index is 13.2. The number of benzene rings is 1. The van der Waals surface area contributed by atoms with Crippen molar-refractivity contribution in [2.24, 2.45) is 0 Å². The lowest BCUT2D eigenvalue weighted by Crippen LogP contribution is -2.22. The van der Waals surface area contributed by atoms with Gasteiger partial charge in [0.1, 0.15) is 5.82 Å². The van der Waals surface area contributed by atoms with E-state index in [1.165, 1.54) is 6.07 Å². The standard InChI is InChI=1S/C12H17FN2/c1-3-7-15(4-2)9-10-5-6-12(14)11(13)8-10/h3,5-6,8H,1,4,7,9,14H2,2H3. The van der Waals surface area contributed by atoms with Gasteiger partial charge in [-0.05, 0) is 24.2 Å². The van der Waals surface area contributed by atoms with E-state index >= 15 is 0 Å². The van der Waals surface area contributed by atoms with Crippen LogP contribution in [0.1, 0.15) is 12.5 Å². The third kappa shape index (κ3) is 3.36. The quantitative estimate of drug-likeness (QED) is 0.594. The summed E-state index contributed by atoms with van der Waals surface area (Å²) in [5.41, 5.74) is 6.54. The van der Waals surface area contributed by atoms with Crippen LogP contribution in [0.25, 0.3) is 0 Å². The Hall–Kier alpha value is -1.35. The molecule has 0 spiro atoms. The molecule has 2 N–H and O–H groups in total. The molecule has 1 aromatic rings. The van der Waals surface area contributed by atoms with Gasteiger partial charge < -0.3 is 5.73 Å². The normalized spacial score (nSPS) is 10.6. The van der Waals surface area contributed by atoms with E-state index in [-0.39, 0.29) is 11.5 Å². The Morgan fingerprint density at radius 3 is 2.80 bits per heavy atom. The molecular formula is C12H17FN2. The number of nitrogens with zero attached hydrogens (tertiary/aromatic N) is 1. The summed E-state index contributed by atoms with van der Waals surface area (Å²) in [5, 5.41) is 0. The van der Waals surface area contributed by atoms with Crippen molar-refractivity contribution in [2.75, 3.05) is 18.8 Å². The summed E-state index contributed by atoms with van der Waals surface area (Å²) < 4.78 is 13.2. The van der Waals surface area contributed by atoms with Gasteiger partial charge >= 0.3 is 0 Å². The number of halogens is 1. The lowest BCUT2D eigenvalue weighted by molar-refractivity contribution is 0.311. The first-order valence-corrected chi connectivity index (χ1v) is 5.04. The Balaban J connectivity index is 2.70. The molecule has 1 aromatic carbocycles. The minimum Gasteiger partial charge on any atom is -0.396 e. The van der Waals surface area contributed by atoms with Crippen LogP contribution in [-0.4, -0.2) is 18.0 Å². The van der Waals surface area contributed by atoms with Gasteiger partial charge in [0.25, 0.3) is 0 Å². The second-order valence-corrected chi connectivity index (χ2v) is 3.47. The topological polar surface area (TPSA) is 29.3 Å². The molecule has 1 rings (SSSR count). The molecule has 2 nitrogen and oxygen atoms in total. The number of rotatable bonds is 5. The Morgan fingerprint density at radius 2 is 2.27 bits per heavy atom. The number of anilines is 1. The molecule has 0 aliphatic rings. The van der Waals surface area contributed by atoms with E-state index in [1.807, 2.05) is 12.1 Å². The zero-order chi connectivity index (χ0) is 11.3. The smallest absolute Gasteiger partial charge is 0.146 e. The predicted molar refractivity (Wildman–Crippen MR) is 62.0 cm³/mol. The van der Waals surface area contributed by atoms with Crippen LogP contribution in [0.5, 0.6) is 0 Å². The highest BCUT2D eigenvalue weighted by molar-refractivity contribution is 5.41. The SMILES string of the molecule is C=CCN(CC)Cc1ccc(N)c(F)c1. The maximum atomic E-state index is 13.2. The van der Waals surface area contributed by atoms with Crippen molar-refractivity contribution in [1.82, 2.24) is 4.90 Å². The fourth-order valence-corrected chi connectivity index (χ4v) is 1.42. The number of hydrogen-bond donors (Lipinski definition) is 1. The Bertz CT molecular complexity index is 336. The molecule has 0 heterocycles. The van der Waals surface area contributed by atoms with Gasteiger partial charge in [0.2, 0.25) is 0 Å². The minimum absolute atomic E-state index is 0.200. The molecule has 0 saturated carbocycles.